The molecular weight excluding hydrogens is 370 g/mol. The standard InChI is InChI=1S/C26H35N3O/c1-21(2)18-20-29-24-14-9-8-13-23(24)28-25(29)15-7-4-10-19-27-26(30)17-16-22-11-5-3-6-12-22/h3,5-6,8-9,11-14,21H,4,7,10,15-20H2,1-2H3,(H,27,30). The molecule has 0 atom stereocenters. The van der Waals surface area contributed by atoms with Gasteiger partial charge in [-0.3, -0.25) is 4.79 Å². The van der Waals surface area contributed by atoms with Crippen LogP contribution in [-0.4, -0.2) is 22.0 Å². The number of para-hydroxylation sites is 2. The minimum Gasteiger partial charge on any atom is -0.356 e. The number of hydrogen-bond acceptors (Lipinski definition) is 2. The maximum absolute atomic E-state index is 12.0. The molecule has 0 spiro atoms. The quantitative estimate of drug-likeness (QED) is 0.402. The van der Waals surface area contributed by atoms with Crippen LogP contribution < -0.4 is 5.32 Å². The molecule has 0 radical (unpaired) electrons. The fourth-order valence-corrected chi connectivity index (χ4v) is 3.76. The highest BCUT2D eigenvalue weighted by Gasteiger charge is 2.10. The van der Waals surface area contributed by atoms with Crippen LogP contribution in [0.3, 0.4) is 0 Å². The van der Waals surface area contributed by atoms with Crippen molar-refractivity contribution in [2.45, 2.75) is 65.3 Å². The normalized spacial score (nSPS) is 11.3. The van der Waals surface area contributed by atoms with Gasteiger partial charge >= 0.3 is 0 Å². The van der Waals surface area contributed by atoms with E-state index < -0.39 is 0 Å². The number of aryl methyl sites for hydroxylation is 3. The Balaban J connectivity index is 1.38. The zero-order valence-corrected chi connectivity index (χ0v) is 18.4. The number of rotatable bonds is 12. The van der Waals surface area contributed by atoms with Gasteiger partial charge in [0.2, 0.25) is 5.91 Å². The number of fused-ring (bicyclic) bond motifs is 1. The summed E-state index contributed by atoms with van der Waals surface area (Å²) in [7, 11) is 0. The lowest BCUT2D eigenvalue weighted by atomic mass is 10.1. The van der Waals surface area contributed by atoms with Crippen LogP contribution in [0.1, 0.15) is 57.3 Å². The summed E-state index contributed by atoms with van der Waals surface area (Å²) in [5, 5.41) is 3.06. The van der Waals surface area contributed by atoms with Crippen molar-refractivity contribution in [1.29, 1.82) is 0 Å². The lowest BCUT2D eigenvalue weighted by molar-refractivity contribution is -0.121. The Labute approximate surface area is 180 Å². The Morgan fingerprint density at radius 1 is 0.967 bits per heavy atom. The minimum absolute atomic E-state index is 0.148. The van der Waals surface area contributed by atoms with Gasteiger partial charge in [0.15, 0.2) is 0 Å². The van der Waals surface area contributed by atoms with E-state index in [1.807, 2.05) is 18.2 Å². The first-order chi connectivity index (χ1) is 14.6. The summed E-state index contributed by atoms with van der Waals surface area (Å²) in [5.41, 5.74) is 3.56. The lowest BCUT2D eigenvalue weighted by Crippen LogP contribution is -2.24. The molecule has 0 saturated carbocycles. The van der Waals surface area contributed by atoms with E-state index in [1.165, 1.54) is 23.3 Å². The average molecular weight is 406 g/mol. The maximum Gasteiger partial charge on any atom is 0.220 e. The fraction of sp³-hybridized carbons (Fsp3) is 0.462. The summed E-state index contributed by atoms with van der Waals surface area (Å²) in [6, 6.07) is 18.6. The number of unbranched alkanes of at least 4 members (excludes halogenated alkanes) is 2. The van der Waals surface area contributed by atoms with Gasteiger partial charge in [-0.2, -0.15) is 0 Å². The van der Waals surface area contributed by atoms with E-state index in [9.17, 15) is 4.79 Å². The SMILES string of the molecule is CC(C)CCn1c(CCCCCNC(=O)CCc2ccccc2)nc2ccccc21. The second kappa shape index (κ2) is 11.5. The van der Waals surface area contributed by atoms with Gasteiger partial charge in [-0.05, 0) is 49.3 Å². The van der Waals surface area contributed by atoms with Crippen molar-refractivity contribution >= 4 is 16.9 Å². The van der Waals surface area contributed by atoms with Crippen LogP contribution in [0.2, 0.25) is 0 Å². The fourth-order valence-electron chi connectivity index (χ4n) is 3.76. The second-order valence-corrected chi connectivity index (χ2v) is 8.50. The van der Waals surface area contributed by atoms with Crippen LogP contribution in [0.5, 0.6) is 0 Å². The van der Waals surface area contributed by atoms with Crippen molar-refractivity contribution in [2.24, 2.45) is 5.92 Å². The van der Waals surface area contributed by atoms with Crippen molar-refractivity contribution in [3.8, 4) is 0 Å². The number of hydrogen-bond donors (Lipinski definition) is 1. The lowest BCUT2D eigenvalue weighted by Gasteiger charge is -2.11. The van der Waals surface area contributed by atoms with E-state index in [-0.39, 0.29) is 5.91 Å². The summed E-state index contributed by atoms with van der Waals surface area (Å²) in [6.07, 6.45) is 6.75. The van der Waals surface area contributed by atoms with Crippen LogP contribution in [0.25, 0.3) is 11.0 Å². The Bertz CT molecular complexity index is 914. The highest BCUT2D eigenvalue weighted by atomic mass is 16.1. The first kappa shape index (κ1) is 22.1. The minimum atomic E-state index is 0.148. The van der Waals surface area contributed by atoms with Gasteiger partial charge in [0.05, 0.1) is 11.0 Å². The number of imidazole rings is 1. The predicted molar refractivity (Wildman–Crippen MR) is 125 cm³/mol. The monoisotopic (exact) mass is 405 g/mol. The van der Waals surface area contributed by atoms with Crippen LogP contribution in [0.15, 0.2) is 54.6 Å². The smallest absolute Gasteiger partial charge is 0.220 e. The molecule has 1 amide bonds. The molecule has 3 aromatic rings. The molecule has 30 heavy (non-hydrogen) atoms. The van der Waals surface area contributed by atoms with Gasteiger partial charge in [0.1, 0.15) is 5.82 Å². The van der Waals surface area contributed by atoms with Crippen molar-refractivity contribution in [2.75, 3.05) is 6.54 Å². The number of carbonyl (C=O) groups is 1. The average Bonchev–Trinajstić information content (AvgIpc) is 3.11. The third kappa shape index (κ3) is 6.72. The van der Waals surface area contributed by atoms with E-state index in [2.05, 4.69) is 60.1 Å². The molecule has 0 aliphatic carbocycles. The molecule has 0 aliphatic heterocycles. The molecule has 4 nitrogen and oxygen atoms in total. The molecule has 0 unspecified atom stereocenters. The molecule has 0 fully saturated rings. The first-order valence-electron chi connectivity index (χ1n) is 11.4. The Morgan fingerprint density at radius 3 is 2.53 bits per heavy atom. The van der Waals surface area contributed by atoms with Gasteiger partial charge < -0.3 is 9.88 Å². The van der Waals surface area contributed by atoms with Crippen LogP contribution >= 0.6 is 0 Å². The molecule has 0 aliphatic rings. The van der Waals surface area contributed by atoms with E-state index >= 15 is 0 Å². The molecular formula is C26H35N3O. The largest absolute Gasteiger partial charge is 0.356 e. The zero-order valence-electron chi connectivity index (χ0n) is 18.4. The summed E-state index contributed by atoms with van der Waals surface area (Å²) in [6.45, 7) is 6.34. The van der Waals surface area contributed by atoms with Crippen molar-refractivity contribution in [3.63, 3.8) is 0 Å². The summed E-state index contributed by atoms with van der Waals surface area (Å²) < 4.78 is 2.40. The molecule has 0 bridgehead atoms. The van der Waals surface area contributed by atoms with Gasteiger partial charge in [0.25, 0.3) is 0 Å². The molecule has 4 heteroatoms. The van der Waals surface area contributed by atoms with Crippen LogP contribution in [0.4, 0.5) is 0 Å². The molecule has 1 aromatic heterocycles. The number of benzene rings is 2. The number of nitrogens with zero attached hydrogens (tertiary/aromatic N) is 2. The van der Waals surface area contributed by atoms with E-state index in [1.54, 1.807) is 0 Å². The topological polar surface area (TPSA) is 46.9 Å². The number of aromatic nitrogens is 2. The third-order valence-corrected chi connectivity index (χ3v) is 5.55. The van der Waals surface area contributed by atoms with E-state index in [0.29, 0.717) is 12.3 Å². The summed E-state index contributed by atoms with van der Waals surface area (Å²) in [5.74, 6) is 2.03. The molecule has 0 saturated heterocycles. The molecule has 160 valence electrons. The Hall–Kier alpha value is -2.62. The van der Waals surface area contributed by atoms with Crippen molar-refractivity contribution in [3.05, 3.63) is 66.0 Å². The molecule has 1 N–H and O–H groups in total. The van der Waals surface area contributed by atoms with Crippen molar-refractivity contribution in [1.82, 2.24) is 14.9 Å². The van der Waals surface area contributed by atoms with Crippen molar-refractivity contribution < 1.29 is 4.79 Å². The van der Waals surface area contributed by atoms with Gasteiger partial charge in [-0.1, -0.05) is 62.7 Å². The highest BCUT2D eigenvalue weighted by Crippen LogP contribution is 2.19. The third-order valence-electron chi connectivity index (χ3n) is 5.55. The first-order valence-corrected chi connectivity index (χ1v) is 11.4. The summed E-state index contributed by atoms with van der Waals surface area (Å²) >= 11 is 0. The van der Waals surface area contributed by atoms with Crippen LogP contribution in [0, 0.1) is 5.92 Å². The molecule has 3 rings (SSSR count). The van der Waals surface area contributed by atoms with Crippen LogP contribution in [-0.2, 0) is 24.2 Å². The zero-order chi connectivity index (χ0) is 21.2. The Kier molecular flexibility index (Phi) is 8.49. The highest BCUT2D eigenvalue weighted by molar-refractivity contribution is 5.76. The molecule has 2 aromatic carbocycles. The van der Waals surface area contributed by atoms with Gasteiger partial charge in [-0.25, -0.2) is 4.98 Å². The van der Waals surface area contributed by atoms with E-state index in [0.717, 1.165) is 50.7 Å². The predicted octanol–water partition coefficient (Wildman–Crippen LogP) is 5.54. The second-order valence-electron chi connectivity index (χ2n) is 8.50. The van der Waals surface area contributed by atoms with Gasteiger partial charge in [-0.15, -0.1) is 0 Å². The number of amides is 1. The summed E-state index contributed by atoms with van der Waals surface area (Å²) in [4.78, 5) is 16.9. The maximum atomic E-state index is 12.0. The number of nitrogens with one attached hydrogen (secondary N) is 1. The van der Waals surface area contributed by atoms with Gasteiger partial charge in [0, 0.05) is 25.9 Å². The van der Waals surface area contributed by atoms with E-state index in [4.69, 9.17) is 4.98 Å². The Morgan fingerprint density at radius 2 is 1.73 bits per heavy atom. The number of carbonyl (C=O) groups excluding carboxylic acids is 1. The molecule has 1 heterocycles.